The third-order valence-corrected chi connectivity index (χ3v) is 6.58. The number of hydrogen-bond donors (Lipinski definition) is 0. The van der Waals surface area contributed by atoms with Crippen LogP contribution >= 0.6 is 11.6 Å². The highest BCUT2D eigenvalue weighted by molar-refractivity contribution is 6.31. The summed E-state index contributed by atoms with van der Waals surface area (Å²) in [5.74, 6) is -1.31. The molecule has 1 heterocycles. The Morgan fingerprint density at radius 1 is 0.921 bits per heavy atom. The molecule has 3 aromatic carbocycles. The molecular formula is C32H32ClNO4. The number of pyridine rings is 1. The van der Waals surface area contributed by atoms with Gasteiger partial charge in [0.2, 0.25) is 0 Å². The van der Waals surface area contributed by atoms with E-state index in [-0.39, 0.29) is 5.97 Å². The predicted molar refractivity (Wildman–Crippen MR) is 153 cm³/mol. The molecule has 0 aliphatic heterocycles. The zero-order valence-electron chi connectivity index (χ0n) is 21.9. The Kier molecular flexibility index (Phi) is 9.29. The number of carbonyl (C=O) groups is 1. The molecular weight excluding hydrogens is 498 g/mol. The number of esters is 1. The van der Waals surface area contributed by atoms with Gasteiger partial charge in [0.05, 0.1) is 23.9 Å². The first kappa shape index (κ1) is 27.5. The molecule has 0 atom stereocenters. The van der Waals surface area contributed by atoms with Crippen molar-refractivity contribution in [2.45, 2.75) is 32.5 Å². The van der Waals surface area contributed by atoms with Crippen molar-refractivity contribution in [1.29, 1.82) is 0 Å². The van der Waals surface area contributed by atoms with Crippen LogP contribution in [0.4, 0.5) is 0 Å². The van der Waals surface area contributed by atoms with Gasteiger partial charge >= 0.3 is 5.97 Å². The molecule has 5 nitrogen and oxygen atoms in total. The highest BCUT2D eigenvalue weighted by atomic mass is 35.5. The number of aryl methyl sites for hydroxylation is 1. The van der Waals surface area contributed by atoms with Gasteiger partial charge in [0.1, 0.15) is 0 Å². The molecule has 4 rings (SSSR count). The Morgan fingerprint density at radius 3 is 2.45 bits per heavy atom. The number of methoxy groups -OCH3 is 1. The van der Waals surface area contributed by atoms with Crippen LogP contribution in [0, 0.1) is 0 Å². The Bertz CT molecular complexity index is 1430. The SMILES string of the molecule is CCOC(CCc1ccccc1C(=O)OC)(OCC)c1cccc(/C=C/c2ccc3ccc(Cl)cc3n2)c1. The van der Waals surface area contributed by atoms with E-state index in [0.29, 0.717) is 36.6 Å². The fraction of sp³-hybridized carbons (Fsp3) is 0.250. The van der Waals surface area contributed by atoms with Crippen LogP contribution in [0.1, 0.15) is 53.0 Å². The number of halogens is 1. The van der Waals surface area contributed by atoms with Gasteiger partial charge in [-0.2, -0.15) is 0 Å². The molecule has 0 saturated heterocycles. The Morgan fingerprint density at radius 2 is 1.68 bits per heavy atom. The quantitative estimate of drug-likeness (QED) is 0.147. The van der Waals surface area contributed by atoms with E-state index in [0.717, 1.165) is 33.3 Å². The summed E-state index contributed by atoms with van der Waals surface area (Å²) in [4.78, 5) is 17.0. The Hall–Kier alpha value is -3.51. The zero-order chi connectivity index (χ0) is 27.0. The molecule has 0 bridgehead atoms. The first-order valence-electron chi connectivity index (χ1n) is 12.8. The zero-order valence-corrected chi connectivity index (χ0v) is 22.7. The fourth-order valence-corrected chi connectivity index (χ4v) is 4.74. The minimum atomic E-state index is -0.964. The van der Waals surface area contributed by atoms with Crippen LogP contribution in [0.5, 0.6) is 0 Å². The van der Waals surface area contributed by atoms with Gasteiger partial charge in [0.25, 0.3) is 0 Å². The third kappa shape index (κ3) is 6.48. The van der Waals surface area contributed by atoms with Crippen LogP contribution in [0.15, 0.2) is 78.9 Å². The number of benzene rings is 3. The molecule has 6 heteroatoms. The van der Waals surface area contributed by atoms with Crippen LogP contribution in [0.3, 0.4) is 0 Å². The van der Waals surface area contributed by atoms with Crippen molar-refractivity contribution >= 4 is 40.6 Å². The van der Waals surface area contributed by atoms with Crippen molar-refractivity contribution in [3.63, 3.8) is 0 Å². The third-order valence-electron chi connectivity index (χ3n) is 6.35. The monoisotopic (exact) mass is 529 g/mol. The lowest BCUT2D eigenvalue weighted by atomic mass is 9.94. The van der Waals surface area contributed by atoms with Crippen LogP contribution in [0.25, 0.3) is 23.1 Å². The van der Waals surface area contributed by atoms with Gasteiger partial charge < -0.3 is 14.2 Å². The summed E-state index contributed by atoms with van der Waals surface area (Å²) in [5, 5.41) is 1.71. The van der Waals surface area contributed by atoms with Gasteiger partial charge in [-0.15, -0.1) is 0 Å². The Balaban J connectivity index is 1.62. The second kappa shape index (κ2) is 12.8. The minimum absolute atomic E-state index is 0.351. The predicted octanol–water partition coefficient (Wildman–Crippen LogP) is 7.70. The van der Waals surface area contributed by atoms with E-state index in [1.807, 2.05) is 92.7 Å². The van der Waals surface area contributed by atoms with Crippen LogP contribution < -0.4 is 0 Å². The molecule has 4 aromatic rings. The minimum Gasteiger partial charge on any atom is -0.465 e. The number of carbonyl (C=O) groups excluding carboxylic acids is 1. The average molecular weight is 530 g/mol. The van der Waals surface area contributed by atoms with Gasteiger partial charge in [0, 0.05) is 35.6 Å². The molecule has 38 heavy (non-hydrogen) atoms. The lowest BCUT2D eigenvalue weighted by Gasteiger charge is -2.34. The molecule has 0 radical (unpaired) electrons. The maximum absolute atomic E-state index is 12.3. The number of aromatic nitrogens is 1. The molecule has 196 valence electrons. The standard InChI is InChI=1S/C32H32ClNO4/c1-4-37-32(38-5-2,20-19-24-10-6-7-12-29(24)31(35)36-3)26-11-8-9-23(21-26)13-17-28-18-15-25-14-16-27(33)22-30(25)34-28/h6-18,21-22H,4-5,19-20H2,1-3H3/b17-13+. The van der Waals surface area contributed by atoms with Crippen molar-refractivity contribution in [1.82, 2.24) is 4.98 Å². The van der Waals surface area contributed by atoms with E-state index in [4.69, 9.17) is 30.8 Å². The molecule has 0 unspecified atom stereocenters. The fourth-order valence-electron chi connectivity index (χ4n) is 4.57. The van der Waals surface area contributed by atoms with Gasteiger partial charge in [-0.25, -0.2) is 9.78 Å². The highest BCUT2D eigenvalue weighted by Crippen LogP contribution is 2.34. The molecule has 0 spiro atoms. The molecule has 0 aliphatic carbocycles. The van der Waals surface area contributed by atoms with Crippen molar-refractivity contribution in [2.75, 3.05) is 20.3 Å². The number of nitrogens with zero attached hydrogens (tertiary/aromatic N) is 1. The number of rotatable bonds is 11. The maximum atomic E-state index is 12.3. The maximum Gasteiger partial charge on any atom is 0.338 e. The van der Waals surface area contributed by atoms with E-state index in [1.165, 1.54) is 7.11 Å². The van der Waals surface area contributed by atoms with Crippen molar-refractivity contribution in [3.05, 3.63) is 112 Å². The van der Waals surface area contributed by atoms with Gasteiger partial charge in [-0.1, -0.05) is 66.2 Å². The second-order valence-electron chi connectivity index (χ2n) is 8.80. The van der Waals surface area contributed by atoms with Crippen LogP contribution in [-0.4, -0.2) is 31.3 Å². The van der Waals surface area contributed by atoms with E-state index in [9.17, 15) is 4.79 Å². The van der Waals surface area contributed by atoms with Gasteiger partial charge in [-0.05, 0) is 67.8 Å². The number of fused-ring (bicyclic) bond motifs is 1. The number of hydrogen-bond acceptors (Lipinski definition) is 5. The van der Waals surface area contributed by atoms with Gasteiger partial charge in [0.15, 0.2) is 5.79 Å². The summed E-state index contributed by atoms with van der Waals surface area (Å²) in [6, 6.07) is 25.3. The van der Waals surface area contributed by atoms with Gasteiger partial charge in [-0.3, -0.25) is 0 Å². The largest absolute Gasteiger partial charge is 0.465 e. The first-order valence-corrected chi connectivity index (χ1v) is 13.1. The first-order chi connectivity index (χ1) is 18.5. The molecule has 0 amide bonds. The molecule has 0 fully saturated rings. The number of ether oxygens (including phenoxy) is 3. The summed E-state index contributed by atoms with van der Waals surface area (Å²) in [6.45, 7) is 4.86. The topological polar surface area (TPSA) is 57.7 Å². The molecule has 0 saturated carbocycles. The van der Waals surface area contributed by atoms with Crippen molar-refractivity contribution in [3.8, 4) is 0 Å². The van der Waals surface area contributed by atoms with Crippen molar-refractivity contribution < 1.29 is 19.0 Å². The lowest BCUT2D eigenvalue weighted by molar-refractivity contribution is -0.246. The Labute approximate surface area is 229 Å². The summed E-state index contributed by atoms with van der Waals surface area (Å²) >= 11 is 6.15. The summed E-state index contributed by atoms with van der Waals surface area (Å²) in [7, 11) is 1.39. The van der Waals surface area contributed by atoms with Crippen LogP contribution in [-0.2, 0) is 26.4 Å². The van der Waals surface area contributed by atoms with E-state index in [2.05, 4.69) is 6.07 Å². The highest BCUT2D eigenvalue weighted by Gasteiger charge is 2.34. The molecule has 0 N–H and O–H groups in total. The molecule has 0 aliphatic rings. The van der Waals surface area contributed by atoms with E-state index < -0.39 is 5.79 Å². The van der Waals surface area contributed by atoms with E-state index in [1.54, 1.807) is 6.07 Å². The normalized spacial score (nSPS) is 11.8. The van der Waals surface area contributed by atoms with Crippen LogP contribution in [0.2, 0.25) is 5.02 Å². The summed E-state index contributed by atoms with van der Waals surface area (Å²) in [5.41, 5.74) is 5.05. The van der Waals surface area contributed by atoms with Crippen molar-refractivity contribution in [2.24, 2.45) is 0 Å². The lowest BCUT2D eigenvalue weighted by Crippen LogP contribution is -2.34. The summed E-state index contributed by atoms with van der Waals surface area (Å²) in [6.07, 6.45) is 5.12. The summed E-state index contributed by atoms with van der Waals surface area (Å²) < 4.78 is 17.6. The second-order valence-corrected chi connectivity index (χ2v) is 9.24. The smallest absolute Gasteiger partial charge is 0.338 e. The molecule has 1 aromatic heterocycles. The van der Waals surface area contributed by atoms with E-state index >= 15 is 0 Å². The average Bonchev–Trinajstić information content (AvgIpc) is 2.94.